The number of ketones is 1. The largest absolute Gasteiger partial charge is 0.431 e. The lowest BCUT2D eigenvalue weighted by Crippen LogP contribution is -2.35. The van der Waals surface area contributed by atoms with Crippen LogP contribution in [0, 0.1) is 0 Å². The fraction of sp³-hybridized carbons (Fsp3) is 0.600. The van der Waals surface area contributed by atoms with Gasteiger partial charge in [0, 0.05) is 0 Å². The molecular weight excluding hydrogens is 161 g/mol. The van der Waals surface area contributed by atoms with Crippen LogP contribution in [0.5, 0.6) is 0 Å². The SMILES string of the molecule is O=C1CNN=C(C(F)(F)F)C1. The number of hydrazone groups is 1. The van der Waals surface area contributed by atoms with Gasteiger partial charge in [-0.25, -0.2) is 0 Å². The maximum absolute atomic E-state index is 11.8. The second-order valence-electron chi connectivity index (χ2n) is 2.11. The summed E-state index contributed by atoms with van der Waals surface area (Å²) in [4.78, 5) is 10.5. The number of rotatable bonds is 0. The molecule has 0 radical (unpaired) electrons. The summed E-state index contributed by atoms with van der Waals surface area (Å²) in [6.07, 6.45) is -5.10. The first kappa shape index (κ1) is 8.03. The van der Waals surface area contributed by atoms with E-state index in [0.717, 1.165) is 0 Å². The van der Waals surface area contributed by atoms with E-state index in [9.17, 15) is 18.0 Å². The molecule has 3 nitrogen and oxygen atoms in total. The van der Waals surface area contributed by atoms with Crippen molar-refractivity contribution in [1.82, 2.24) is 5.43 Å². The predicted octanol–water partition coefficient (Wildman–Crippen LogP) is 0.467. The Morgan fingerprint density at radius 3 is 2.45 bits per heavy atom. The van der Waals surface area contributed by atoms with Crippen molar-refractivity contribution in [2.24, 2.45) is 5.10 Å². The van der Waals surface area contributed by atoms with Gasteiger partial charge in [-0.1, -0.05) is 0 Å². The Morgan fingerprint density at radius 2 is 2.09 bits per heavy atom. The van der Waals surface area contributed by atoms with Crippen LogP contribution in [0.15, 0.2) is 5.10 Å². The maximum atomic E-state index is 11.8. The van der Waals surface area contributed by atoms with Gasteiger partial charge in [0.1, 0.15) is 5.71 Å². The summed E-state index contributed by atoms with van der Waals surface area (Å²) in [5, 5.41) is 2.97. The third-order valence-electron chi connectivity index (χ3n) is 1.18. The van der Waals surface area contributed by atoms with Crippen LogP contribution in [-0.2, 0) is 4.79 Å². The molecule has 1 rings (SSSR count). The lowest BCUT2D eigenvalue weighted by Gasteiger charge is -2.13. The van der Waals surface area contributed by atoms with Crippen LogP contribution in [0.25, 0.3) is 0 Å². The fourth-order valence-corrected chi connectivity index (χ4v) is 0.676. The van der Waals surface area contributed by atoms with Gasteiger partial charge in [0.15, 0.2) is 5.78 Å². The Bertz CT molecular complexity index is 208. The minimum absolute atomic E-state index is 0.112. The Balaban J connectivity index is 2.73. The molecule has 0 unspecified atom stereocenters. The Labute approximate surface area is 60.3 Å². The molecule has 1 N–H and O–H groups in total. The number of carbonyl (C=O) groups is 1. The minimum Gasteiger partial charge on any atom is -0.302 e. The van der Waals surface area contributed by atoms with E-state index in [-0.39, 0.29) is 6.54 Å². The van der Waals surface area contributed by atoms with Gasteiger partial charge >= 0.3 is 6.18 Å². The molecule has 1 aliphatic rings. The standard InChI is InChI=1S/C5H5F3N2O/c6-5(7,8)4-1-3(11)2-9-10-4/h9H,1-2H2. The van der Waals surface area contributed by atoms with Gasteiger partial charge in [-0.05, 0) is 0 Å². The summed E-state index contributed by atoms with van der Waals surface area (Å²) in [6.45, 7) is -0.112. The molecule has 0 spiro atoms. The normalized spacial score (nSPS) is 19.2. The number of carbonyl (C=O) groups excluding carboxylic acids is 1. The summed E-state index contributed by atoms with van der Waals surface area (Å²) in [7, 11) is 0. The van der Waals surface area contributed by atoms with Gasteiger partial charge in [-0.2, -0.15) is 18.3 Å². The first-order chi connectivity index (χ1) is 5.00. The smallest absolute Gasteiger partial charge is 0.302 e. The third kappa shape index (κ3) is 1.92. The molecule has 0 saturated carbocycles. The molecule has 0 atom stereocenters. The van der Waals surface area contributed by atoms with Crippen molar-refractivity contribution in [3.05, 3.63) is 0 Å². The van der Waals surface area contributed by atoms with Gasteiger partial charge in [0.2, 0.25) is 0 Å². The summed E-state index contributed by atoms with van der Waals surface area (Å²) < 4.78 is 35.4. The molecule has 0 saturated heterocycles. The second kappa shape index (κ2) is 2.52. The van der Waals surface area contributed by atoms with E-state index in [0.29, 0.717) is 0 Å². The highest BCUT2D eigenvalue weighted by Gasteiger charge is 2.38. The number of alkyl halides is 3. The molecule has 0 aromatic heterocycles. The van der Waals surface area contributed by atoms with Gasteiger partial charge in [-0.15, -0.1) is 0 Å². The lowest BCUT2D eigenvalue weighted by atomic mass is 10.1. The van der Waals surface area contributed by atoms with Crippen molar-refractivity contribution in [3.63, 3.8) is 0 Å². The highest BCUT2D eigenvalue weighted by molar-refractivity contribution is 6.06. The minimum atomic E-state index is -4.48. The van der Waals surface area contributed by atoms with Crippen molar-refractivity contribution in [2.45, 2.75) is 12.6 Å². The van der Waals surface area contributed by atoms with Crippen LogP contribution in [0.1, 0.15) is 6.42 Å². The topological polar surface area (TPSA) is 41.5 Å². The summed E-state index contributed by atoms with van der Waals surface area (Å²) >= 11 is 0. The Hall–Kier alpha value is -1.07. The predicted molar refractivity (Wildman–Crippen MR) is 31.1 cm³/mol. The van der Waals surface area contributed by atoms with Crippen LogP contribution in [0.3, 0.4) is 0 Å². The summed E-state index contributed by atoms with van der Waals surface area (Å²) in [6, 6.07) is 0. The van der Waals surface area contributed by atoms with Gasteiger partial charge in [0.05, 0.1) is 13.0 Å². The van der Waals surface area contributed by atoms with Crippen molar-refractivity contribution >= 4 is 11.5 Å². The molecule has 0 fully saturated rings. The number of nitrogens with zero attached hydrogens (tertiary/aromatic N) is 1. The van der Waals surface area contributed by atoms with Crippen LogP contribution in [0.2, 0.25) is 0 Å². The maximum Gasteiger partial charge on any atom is 0.431 e. The lowest BCUT2D eigenvalue weighted by molar-refractivity contribution is -0.118. The number of hydrogen-bond donors (Lipinski definition) is 1. The molecule has 0 aliphatic carbocycles. The summed E-state index contributed by atoms with van der Waals surface area (Å²) in [5.74, 6) is -0.493. The molecule has 6 heteroatoms. The zero-order valence-electron chi connectivity index (χ0n) is 5.40. The van der Waals surface area contributed by atoms with Crippen LogP contribution in [0.4, 0.5) is 13.2 Å². The number of nitrogens with one attached hydrogen (secondary N) is 1. The first-order valence-electron chi connectivity index (χ1n) is 2.88. The first-order valence-corrected chi connectivity index (χ1v) is 2.88. The summed E-state index contributed by atoms with van der Waals surface area (Å²) in [5.41, 5.74) is 0.962. The zero-order chi connectivity index (χ0) is 8.48. The molecule has 1 aliphatic heterocycles. The molecule has 1 heterocycles. The van der Waals surface area contributed by atoms with Gasteiger partial charge in [0.25, 0.3) is 0 Å². The van der Waals surface area contributed by atoms with E-state index in [1.807, 2.05) is 5.43 Å². The second-order valence-corrected chi connectivity index (χ2v) is 2.11. The zero-order valence-corrected chi connectivity index (χ0v) is 5.40. The molecule has 11 heavy (non-hydrogen) atoms. The van der Waals surface area contributed by atoms with E-state index in [4.69, 9.17) is 0 Å². The van der Waals surface area contributed by atoms with Crippen molar-refractivity contribution < 1.29 is 18.0 Å². The molecule has 0 bridgehead atoms. The van der Waals surface area contributed by atoms with Gasteiger partial charge < -0.3 is 5.43 Å². The quantitative estimate of drug-likeness (QED) is 0.568. The van der Waals surface area contributed by atoms with Gasteiger partial charge in [-0.3, -0.25) is 4.79 Å². The molecule has 0 amide bonds. The van der Waals surface area contributed by atoms with E-state index in [1.54, 1.807) is 0 Å². The van der Waals surface area contributed by atoms with Crippen LogP contribution < -0.4 is 5.43 Å². The Morgan fingerprint density at radius 1 is 1.45 bits per heavy atom. The van der Waals surface area contributed by atoms with Crippen LogP contribution >= 0.6 is 0 Å². The molecule has 62 valence electrons. The average molecular weight is 166 g/mol. The highest BCUT2D eigenvalue weighted by Crippen LogP contribution is 2.20. The third-order valence-corrected chi connectivity index (χ3v) is 1.18. The number of halogens is 3. The Kier molecular flexibility index (Phi) is 1.84. The fourth-order valence-electron chi connectivity index (χ4n) is 0.676. The van der Waals surface area contributed by atoms with Crippen molar-refractivity contribution in [3.8, 4) is 0 Å². The molecule has 0 aromatic rings. The average Bonchev–Trinajstić information content (AvgIpc) is 1.86. The van der Waals surface area contributed by atoms with E-state index < -0.39 is 24.1 Å². The van der Waals surface area contributed by atoms with Crippen LogP contribution in [-0.4, -0.2) is 24.2 Å². The monoisotopic (exact) mass is 166 g/mol. The highest BCUT2D eigenvalue weighted by atomic mass is 19.4. The molecular formula is C5H5F3N2O. The van der Waals surface area contributed by atoms with Crippen molar-refractivity contribution in [1.29, 1.82) is 0 Å². The molecule has 0 aromatic carbocycles. The van der Waals surface area contributed by atoms with Crippen molar-refractivity contribution in [2.75, 3.05) is 6.54 Å². The van der Waals surface area contributed by atoms with E-state index >= 15 is 0 Å². The van der Waals surface area contributed by atoms with E-state index in [2.05, 4.69) is 5.10 Å². The number of Topliss-reactive ketones (excluding diaryl/α,β-unsaturated/α-hetero) is 1. The van der Waals surface area contributed by atoms with E-state index in [1.165, 1.54) is 0 Å². The number of hydrogen-bond acceptors (Lipinski definition) is 3.